The highest BCUT2D eigenvalue weighted by Crippen LogP contribution is 2.26. The van der Waals surface area contributed by atoms with Gasteiger partial charge in [-0.15, -0.1) is 0 Å². The molecule has 0 aliphatic carbocycles. The molecule has 0 saturated carbocycles. The van der Waals surface area contributed by atoms with Gasteiger partial charge >= 0.3 is 0 Å². The monoisotopic (exact) mass is 479 g/mol. The Bertz CT molecular complexity index is 698. The van der Waals surface area contributed by atoms with Crippen molar-refractivity contribution in [2.24, 2.45) is 11.8 Å². The number of carbonyl (C=O) groups is 3. The highest BCUT2D eigenvalue weighted by molar-refractivity contribution is 5.94. The molecular weight excluding hydrogens is 430 g/mol. The van der Waals surface area contributed by atoms with Crippen LogP contribution in [0, 0.1) is 11.8 Å². The first-order valence-corrected chi connectivity index (χ1v) is 13.3. The van der Waals surface area contributed by atoms with Crippen molar-refractivity contribution in [2.75, 3.05) is 26.2 Å². The second-order valence-electron chi connectivity index (χ2n) is 11.4. The first kappa shape index (κ1) is 28.6. The van der Waals surface area contributed by atoms with E-state index in [0.717, 1.165) is 19.5 Å². The third-order valence-electron chi connectivity index (χ3n) is 7.20. The summed E-state index contributed by atoms with van der Waals surface area (Å²) in [5.74, 6) is -0.0170. The maximum atomic E-state index is 13.5. The molecule has 0 radical (unpaired) electrons. The fourth-order valence-electron chi connectivity index (χ4n) is 5.31. The average molecular weight is 480 g/mol. The van der Waals surface area contributed by atoms with Gasteiger partial charge < -0.3 is 16.0 Å². The minimum Gasteiger partial charge on any atom is -0.350 e. The maximum absolute atomic E-state index is 13.5. The van der Waals surface area contributed by atoms with Gasteiger partial charge in [0.1, 0.15) is 11.6 Å². The van der Waals surface area contributed by atoms with Crippen molar-refractivity contribution in [1.82, 2.24) is 25.8 Å². The van der Waals surface area contributed by atoms with Crippen molar-refractivity contribution >= 4 is 17.7 Å². The zero-order valence-electron chi connectivity index (χ0n) is 22.6. The summed E-state index contributed by atoms with van der Waals surface area (Å²) in [6.07, 6.45) is 5.99. The number of amides is 3. The standard InChI is InChI=1S/C26H49N5O3/c1-8-26(7,29-24(33)22(16-19(4)5)27-20(6)32)25(34)28-21(15-18(2)3)17-31-14-10-13-30-12-9-11-23(30)31/h18-19,21-23H,8-17H2,1-7H3,(H,27,32)(H,28,34)(H,29,33)/t21?,22-,23?,26+/m0/s1. The van der Waals surface area contributed by atoms with Crippen LogP contribution < -0.4 is 16.0 Å². The van der Waals surface area contributed by atoms with Gasteiger partial charge in [-0.25, -0.2) is 0 Å². The molecule has 34 heavy (non-hydrogen) atoms. The van der Waals surface area contributed by atoms with Crippen molar-refractivity contribution in [3.05, 3.63) is 0 Å². The van der Waals surface area contributed by atoms with E-state index in [-0.39, 0.29) is 29.7 Å². The molecular formula is C26H49N5O3. The number of hydrogen-bond acceptors (Lipinski definition) is 5. The first-order valence-electron chi connectivity index (χ1n) is 13.3. The summed E-state index contributed by atoms with van der Waals surface area (Å²) in [6, 6.07) is -0.623. The molecule has 2 unspecified atom stereocenters. The van der Waals surface area contributed by atoms with Gasteiger partial charge in [-0.05, 0) is 63.8 Å². The van der Waals surface area contributed by atoms with Gasteiger partial charge in [0.2, 0.25) is 17.7 Å². The van der Waals surface area contributed by atoms with E-state index in [1.54, 1.807) is 6.92 Å². The summed E-state index contributed by atoms with van der Waals surface area (Å²) in [5, 5.41) is 9.00. The van der Waals surface area contributed by atoms with Crippen LogP contribution in [0.1, 0.15) is 87.0 Å². The Morgan fingerprint density at radius 1 is 0.971 bits per heavy atom. The van der Waals surface area contributed by atoms with Crippen LogP contribution >= 0.6 is 0 Å². The van der Waals surface area contributed by atoms with Crippen LogP contribution in [0.4, 0.5) is 0 Å². The largest absolute Gasteiger partial charge is 0.350 e. The molecule has 2 fully saturated rings. The molecule has 2 rings (SSSR count). The molecule has 2 heterocycles. The first-order chi connectivity index (χ1) is 15.9. The average Bonchev–Trinajstić information content (AvgIpc) is 3.21. The number of hydrogen-bond donors (Lipinski definition) is 3. The lowest BCUT2D eigenvalue weighted by molar-refractivity contribution is -0.136. The van der Waals surface area contributed by atoms with Gasteiger partial charge in [0.05, 0.1) is 6.17 Å². The molecule has 0 aromatic heterocycles. The van der Waals surface area contributed by atoms with E-state index in [0.29, 0.717) is 24.9 Å². The van der Waals surface area contributed by atoms with Crippen LogP contribution in [0.15, 0.2) is 0 Å². The molecule has 196 valence electrons. The molecule has 2 saturated heterocycles. The maximum Gasteiger partial charge on any atom is 0.245 e. The second kappa shape index (κ2) is 12.9. The van der Waals surface area contributed by atoms with Gasteiger partial charge in [0.15, 0.2) is 0 Å². The van der Waals surface area contributed by atoms with Gasteiger partial charge in [-0.2, -0.15) is 0 Å². The third-order valence-corrected chi connectivity index (χ3v) is 7.20. The predicted octanol–water partition coefficient (Wildman–Crippen LogP) is 2.48. The normalized spacial score (nSPS) is 22.7. The zero-order valence-corrected chi connectivity index (χ0v) is 22.6. The van der Waals surface area contributed by atoms with Gasteiger partial charge in [-0.1, -0.05) is 34.6 Å². The summed E-state index contributed by atoms with van der Waals surface area (Å²) in [5.41, 5.74) is -1.04. The van der Waals surface area contributed by atoms with E-state index >= 15 is 0 Å². The van der Waals surface area contributed by atoms with Crippen LogP contribution in [0.25, 0.3) is 0 Å². The molecule has 0 bridgehead atoms. The molecule has 2 aliphatic heterocycles. The summed E-state index contributed by atoms with van der Waals surface area (Å²) in [4.78, 5) is 43.4. The lowest BCUT2D eigenvalue weighted by Gasteiger charge is -2.42. The number of fused-ring (bicyclic) bond motifs is 1. The van der Waals surface area contributed by atoms with E-state index in [4.69, 9.17) is 0 Å². The van der Waals surface area contributed by atoms with Crippen LogP contribution in [0.5, 0.6) is 0 Å². The number of nitrogens with one attached hydrogen (secondary N) is 3. The minimum absolute atomic E-state index is 0.0256. The van der Waals surface area contributed by atoms with Crippen molar-refractivity contribution in [1.29, 1.82) is 0 Å². The molecule has 8 nitrogen and oxygen atoms in total. The third kappa shape index (κ3) is 8.22. The van der Waals surface area contributed by atoms with Crippen molar-refractivity contribution < 1.29 is 14.4 Å². The van der Waals surface area contributed by atoms with Crippen molar-refractivity contribution in [3.63, 3.8) is 0 Å². The molecule has 2 aliphatic rings. The minimum atomic E-state index is -1.04. The lowest BCUT2D eigenvalue weighted by atomic mass is 9.94. The molecule has 3 N–H and O–H groups in total. The van der Waals surface area contributed by atoms with Crippen LogP contribution in [0.3, 0.4) is 0 Å². The fourth-order valence-corrected chi connectivity index (χ4v) is 5.31. The Labute approximate surface area is 207 Å². The Morgan fingerprint density at radius 2 is 1.62 bits per heavy atom. The topological polar surface area (TPSA) is 93.8 Å². The summed E-state index contributed by atoms with van der Waals surface area (Å²) in [7, 11) is 0. The Balaban J connectivity index is 2.09. The number of rotatable bonds is 12. The molecule has 0 aromatic carbocycles. The van der Waals surface area contributed by atoms with Gasteiger partial charge in [0, 0.05) is 32.6 Å². The number of carbonyl (C=O) groups excluding carboxylic acids is 3. The van der Waals surface area contributed by atoms with Crippen LogP contribution in [0.2, 0.25) is 0 Å². The molecule has 3 amide bonds. The van der Waals surface area contributed by atoms with Crippen LogP contribution in [-0.2, 0) is 14.4 Å². The Morgan fingerprint density at radius 3 is 2.21 bits per heavy atom. The quantitative estimate of drug-likeness (QED) is 0.400. The van der Waals surface area contributed by atoms with E-state index in [2.05, 4.69) is 39.6 Å². The number of nitrogens with zero attached hydrogens (tertiary/aromatic N) is 2. The Hall–Kier alpha value is -1.67. The fraction of sp³-hybridized carbons (Fsp3) is 0.885. The van der Waals surface area contributed by atoms with Crippen molar-refractivity contribution in [3.8, 4) is 0 Å². The van der Waals surface area contributed by atoms with E-state index in [9.17, 15) is 14.4 Å². The van der Waals surface area contributed by atoms with Crippen molar-refractivity contribution in [2.45, 2.75) is 111 Å². The lowest BCUT2D eigenvalue weighted by Crippen LogP contribution is -2.63. The van der Waals surface area contributed by atoms with E-state index in [1.165, 1.54) is 39.3 Å². The van der Waals surface area contributed by atoms with Gasteiger partial charge in [0.25, 0.3) is 0 Å². The molecule has 8 heteroatoms. The van der Waals surface area contributed by atoms with E-state index in [1.807, 2.05) is 20.8 Å². The Kier molecular flexibility index (Phi) is 10.8. The summed E-state index contributed by atoms with van der Waals surface area (Å²) < 4.78 is 0. The summed E-state index contributed by atoms with van der Waals surface area (Å²) >= 11 is 0. The highest BCUT2D eigenvalue weighted by Gasteiger charge is 2.38. The predicted molar refractivity (Wildman–Crippen MR) is 136 cm³/mol. The molecule has 4 atom stereocenters. The molecule has 0 aromatic rings. The highest BCUT2D eigenvalue weighted by atomic mass is 16.2. The second-order valence-corrected chi connectivity index (χ2v) is 11.4. The zero-order chi connectivity index (χ0) is 25.5. The van der Waals surface area contributed by atoms with Gasteiger partial charge in [-0.3, -0.25) is 24.2 Å². The smallest absolute Gasteiger partial charge is 0.245 e. The van der Waals surface area contributed by atoms with Crippen LogP contribution in [-0.4, -0.2) is 77.5 Å². The molecule has 0 spiro atoms. The SMILES string of the molecule is CC[C@@](C)(NC(=O)[C@H](CC(C)C)NC(C)=O)C(=O)NC(CC(C)C)CN1CCCN2CCCC21. The summed E-state index contributed by atoms with van der Waals surface area (Å²) in [6.45, 7) is 17.7. The van der Waals surface area contributed by atoms with E-state index < -0.39 is 11.6 Å².